The lowest BCUT2D eigenvalue weighted by Crippen LogP contribution is -2.40. The SMILES string of the molecule is CC(C)OC(=O)[C@H]1CS[C@@H](C(C)C)N1. The van der Waals surface area contributed by atoms with Crippen LogP contribution in [0.5, 0.6) is 0 Å². The van der Waals surface area contributed by atoms with Crippen molar-refractivity contribution in [2.24, 2.45) is 5.92 Å². The molecule has 4 heteroatoms. The third kappa shape index (κ3) is 3.17. The zero-order valence-electron chi connectivity index (χ0n) is 9.24. The number of ether oxygens (including phenoxy) is 1. The first kappa shape index (κ1) is 11.9. The lowest BCUT2D eigenvalue weighted by Gasteiger charge is -2.16. The van der Waals surface area contributed by atoms with Crippen molar-refractivity contribution in [1.82, 2.24) is 5.32 Å². The molecule has 0 bridgehead atoms. The van der Waals surface area contributed by atoms with Crippen LogP contribution < -0.4 is 5.32 Å². The predicted octanol–water partition coefficient (Wildman–Crippen LogP) is 1.63. The van der Waals surface area contributed by atoms with Crippen molar-refractivity contribution in [1.29, 1.82) is 0 Å². The van der Waals surface area contributed by atoms with Gasteiger partial charge in [0.2, 0.25) is 0 Å². The summed E-state index contributed by atoms with van der Waals surface area (Å²) in [7, 11) is 0. The minimum absolute atomic E-state index is 0.0209. The second-order valence-corrected chi connectivity index (χ2v) is 5.38. The van der Waals surface area contributed by atoms with Crippen LogP contribution in [0.25, 0.3) is 0 Å². The normalized spacial score (nSPS) is 27.3. The Bertz CT molecular complexity index is 206. The Morgan fingerprint density at radius 2 is 2.07 bits per heavy atom. The molecule has 0 unspecified atom stereocenters. The Morgan fingerprint density at radius 1 is 1.43 bits per heavy atom. The van der Waals surface area contributed by atoms with Crippen LogP contribution in [-0.2, 0) is 9.53 Å². The summed E-state index contributed by atoms with van der Waals surface area (Å²) in [4.78, 5) is 11.5. The highest BCUT2D eigenvalue weighted by molar-refractivity contribution is 8.00. The Labute approximate surface area is 90.0 Å². The number of carbonyl (C=O) groups is 1. The number of esters is 1. The van der Waals surface area contributed by atoms with Gasteiger partial charge in [-0.3, -0.25) is 10.1 Å². The number of thioether (sulfide) groups is 1. The fourth-order valence-corrected chi connectivity index (χ4v) is 2.61. The number of rotatable bonds is 3. The Morgan fingerprint density at radius 3 is 2.50 bits per heavy atom. The summed E-state index contributed by atoms with van der Waals surface area (Å²) in [5.41, 5.74) is 0. The second-order valence-electron chi connectivity index (χ2n) is 4.20. The summed E-state index contributed by atoms with van der Waals surface area (Å²) in [6.07, 6.45) is -0.0209. The van der Waals surface area contributed by atoms with E-state index in [4.69, 9.17) is 4.74 Å². The molecule has 1 rings (SSSR count). The highest BCUT2D eigenvalue weighted by Crippen LogP contribution is 2.25. The summed E-state index contributed by atoms with van der Waals surface area (Å²) < 4.78 is 5.15. The van der Waals surface area contributed by atoms with Gasteiger partial charge in [-0.05, 0) is 19.8 Å². The molecule has 1 aliphatic rings. The number of carbonyl (C=O) groups excluding carboxylic acids is 1. The van der Waals surface area contributed by atoms with Crippen molar-refractivity contribution >= 4 is 17.7 Å². The summed E-state index contributed by atoms with van der Waals surface area (Å²) >= 11 is 1.80. The number of hydrogen-bond acceptors (Lipinski definition) is 4. The van der Waals surface area contributed by atoms with Crippen LogP contribution in [0, 0.1) is 5.92 Å². The minimum atomic E-state index is -0.116. The molecule has 0 aliphatic carbocycles. The van der Waals surface area contributed by atoms with Crippen molar-refractivity contribution in [2.75, 3.05) is 5.75 Å². The fourth-order valence-electron chi connectivity index (χ4n) is 1.33. The van der Waals surface area contributed by atoms with Crippen LogP contribution in [0.3, 0.4) is 0 Å². The molecule has 0 aromatic rings. The van der Waals surface area contributed by atoms with Crippen molar-refractivity contribution in [3.63, 3.8) is 0 Å². The van der Waals surface area contributed by atoms with Gasteiger partial charge in [-0.1, -0.05) is 13.8 Å². The average molecular weight is 217 g/mol. The Kier molecular flexibility index (Phi) is 4.26. The number of nitrogens with one attached hydrogen (secondary N) is 1. The predicted molar refractivity (Wildman–Crippen MR) is 59.2 cm³/mol. The smallest absolute Gasteiger partial charge is 0.324 e. The monoisotopic (exact) mass is 217 g/mol. The molecule has 1 fully saturated rings. The van der Waals surface area contributed by atoms with Crippen molar-refractivity contribution in [3.05, 3.63) is 0 Å². The maximum Gasteiger partial charge on any atom is 0.324 e. The van der Waals surface area contributed by atoms with E-state index in [-0.39, 0.29) is 18.1 Å². The van der Waals surface area contributed by atoms with E-state index in [2.05, 4.69) is 19.2 Å². The molecular formula is C10H19NO2S. The van der Waals surface area contributed by atoms with Gasteiger partial charge >= 0.3 is 5.97 Å². The fraction of sp³-hybridized carbons (Fsp3) is 0.900. The van der Waals surface area contributed by atoms with E-state index in [1.807, 2.05) is 13.8 Å². The molecule has 14 heavy (non-hydrogen) atoms. The first-order valence-electron chi connectivity index (χ1n) is 5.09. The van der Waals surface area contributed by atoms with Gasteiger partial charge in [0.05, 0.1) is 11.5 Å². The van der Waals surface area contributed by atoms with E-state index in [0.717, 1.165) is 5.75 Å². The zero-order valence-corrected chi connectivity index (χ0v) is 10.1. The van der Waals surface area contributed by atoms with Crippen LogP contribution in [-0.4, -0.2) is 29.2 Å². The Balaban J connectivity index is 2.38. The average Bonchev–Trinajstić information content (AvgIpc) is 2.50. The molecule has 1 N–H and O–H groups in total. The van der Waals surface area contributed by atoms with Crippen LogP contribution in [0.15, 0.2) is 0 Å². The maximum absolute atomic E-state index is 11.5. The third-order valence-corrected chi connectivity index (χ3v) is 3.62. The lowest BCUT2D eigenvalue weighted by atomic mass is 10.2. The van der Waals surface area contributed by atoms with E-state index < -0.39 is 0 Å². The standard InChI is InChI=1S/C10H19NO2S/c1-6(2)9-11-8(5-14-9)10(12)13-7(3)4/h6-9,11H,5H2,1-4H3/t8-,9+/m1/s1. The first-order valence-corrected chi connectivity index (χ1v) is 6.13. The van der Waals surface area contributed by atoms with E-state index in [1.165, 1.54) is 0 Å². The topological polar surface area (TPSA) is 38.3 Å². The van der Waals surface area contributed by atoms with Gasteiger partial charge in [0.25, 0.3) is 0 Å². The maximum atomic E-state index is 11.5. The molecule has 3 nitrogen and oxygen atoms in total. The molecule has 0 spiro atoms. The molecule has 0 aromatic carbocycles. The van der Waals surface area contributed by atoms with E-state index in [9.17, 15) is 4.79 Å². The van der Waals surface area contributed by atoms with E-state index in [1.54, 1.807) is 11.8 Å². The quantitative estimate of drug-likeness (QED) is 0.729. The molecule has 0 radical (unpaired) electrons. The van der Waals surface area contributed by atoms with Gasteiger partial charge < -0.3 is 4.74 Å². The first-order chi connectivity index (χ1) is 6.50. The van der Waals surface area contributed by atoms with Crippen molar-refractivity contribution in [3.8, 4) is 0 Å². The third-order valence-electron chi connectivity index (χ3n) is 2.05. The molecule has 1 heterocycles. The van der Waals surface area contributed by atoms with Crippen molar-refractivity contribution < 1.29 is 9.53 Å². The second kappa shape index (κ2) is 5.03. The summed E-state index contributed by atoms with van der Waals surface area (Å²) in [5.74, 6) is 1.27. The summed E-state index contributed by atoms with van der Waals surface area (Å²) in [6.45, 7) is 8.06. The summed E-state index contributed by atoms with van der Waals surface area (Å²) in [6, 6.07) is -0.116. The minimum Gasteiger partial charge on any atom is -0.462 e. The van der Waals surface area contributed by atoms with Crippen LogP contribution in [0.2, 0.25) is 0 Å². The van der Waals surface area contributed by atoms with Crippen LogP contribution in [0.4, 0.5) is 0 Å². The highest BCUT2D eigenvalue weighted by atomic mass is 32.2. The number of hydrogen-bond donors (Lipinski definition) is 1. The zero-order chi connectivity index (χ0) is 10.7. The van der Waals surface area contributed by atoms with E-state index in [0.29, 0.717) is 11.3 Å². The molecule has 1 aliphatic heterocycles. The Hall–Kier alpha value is -0.220. The van der Waals surface area contributed by atoms with Crippen molar-refractivity contribution in [2.45, 2.75) is 45.2 Å². The van der Waals surface area contributed by atoms with E-state index >= 15 is 0 Å². The van der Waals surface area contributed by atoms with Gasteiger partial charge in [0, 0.05) is 5.75 Å². The van der Waals surface area contributed by atoms with Gasteiger partial charge in [-0.2, -0.15) is 0 Å². The molecule has 0 amide bonds. The molecule has 2 atom stereocenters. The van der Waals surface area contributed by atoms with Crippen LogP contribution in [0.1, 0.15) is 27.7 Å². The summed E-state index contributed by atoms with van der Waals surface area (Å²) in [5, 5.41) is 3.67. The molecule has 82 valence electrons. The molecule has 0 aromatic heterocycles. The van der Waals surface area contributed by atoms with Gasteiger partial charge in [-0.25, -0.2) is 0 Å². The van der Waals surface area contributed by atoms with Gasteiger partial charge in [0.15, 0.2) is 0 Å². The van der Waals surface area contributed by atoms with Gasteiger partial charge in [0.1, 0.15) is 6.04 Å². The van der Waals surface area contributed by atoms with Crippen LogP contribution >= 0.6 is 11.8 Å². The molecule has 1 saturated heterocycles. The molecular weight excluding hydrogens is 198 g/mol. The lowest BCUT2D eigenvalue weighted by molar-refractivity contribution is -0.149. The largest absolute Gasteiger partial charge is 0.462 e. The van der Waals surface area contributed by atoms with Gasteiger partial charge in [-0.15, -0.1) is 11.8 Å². The molecule has 0 saturated carbocycles. The highest BCUT2D eigenvalue weighted by Gasteiger charge is 2.32.